The van der Waals surface area contributed by atoms with E-state index in [1.807, 2.05) is 31.2 Å². The average molecular weight is 259 g/mol. The van der Waals surface area contributed by atoms with Gasteiger partial charge in [-0.1, -0.05) is 0 Å². The third-order valence-corrected chi connectivity index (χ3v) is 3.26. The maximum Gasteiger partial charge on any atom is 0.243 e. The van der Waals surface area contributed by atoms with Crippen LogP contribution >= 0.6 is 0 Å². The number of anilines is 2. The number of benzene rings is 1. The largest absolute Gasteiger partial charge is 0.399 e. The maximum absolute atomic E-state index is 11.5. The van der Waals surface area contributed by atoms with E-state index in [4.69, 9.17) is 5.73 Å². The molecule has 4 heteroatoms. The Bertz CT molecular complexity index is 476. The second-order valence-electron chi connectivity index (χ2n) is 4.74. The molecule has 3 N–H and O–H groups in total. The van der Waals surface area contributed by atoms with Crippen LogP contribution in [0.5, 0.6) is 0 Å². The van der Waals surface area contributed by atoms with Crippen molar-refractivity contribution in [2.75, 3.05) is 30.3 Å². The van der Waals surface area contributed by atoms with Crippen molar-refractivity contribution in [3.8, 4) is 0 Å². The molecule has 1 amide bonds. The van der Waals surface area contributed by atoms with Crippen molar-refractivity contribution in [3.05, 3.63) is 29.8 Å². The first-order chi connectivity index (χ1) is 9.20. The SMILES string of the molecule is CCNC(=O)C=Cc1cc(N)ccc1N1CCCC1. The molecule has 1 aromatic carbocycles. The van der Waals surface area contributed by atoms with Crippen molar-refractivity contribution in [2.45, 2.75) is 19.8 Å². The number of nitrogens with one attached hydrogen (secondary N) is 1. The maximum atomic E-state index is 11.5. The number of carbonyl (C=O) groups is 1. The highest BCUT2D eigenvalue weighted by molar-refractivity contribution is 5.92. The summed E-state index contributed by atoms with van der Waals surface area (Å²) in [5.74, 6) is -0.0719. The molecule has 0 aromatic heterocycles. The number of nitrogen functional groups attached to an aromatic ring is 1. The number of hydrogen-bond donors (Lipinski definition) is 2. The minimum atomic E-state index is -0.0719. The predicted octanol–water partition coefficient (Wildman–Crippen LogP) is 2.02. The van der Waals surface area contributed by atoms with E-state index in [0.29, 0.717) is 6.54 Å². The van der Waals surface area contributed by atoms with Crippen molar-refractivity contribution in [3.63, 3.8) is 0 Å². The van der Waals surface area contributed by atoms with Gasteiger partial charge < -0.3 is 16.0 Å². The van der Waals surface area contributed by atoms with Gasteiger partial charge in [-0.05, 0) is 44.0 Å². The third-order valence-electron chi connectivity index (χ3n) is 3.26. The Labute approximate surface area is 114 Å². The number of amides is 1. The first kappa shape index (κ1) is 13.5. The number of rotatable bonds is 4. The van der Waals surface area contributed by atoms with E-state index >= 15 is 0 Å². The predicted molar refractivity (Wildman–Crippen MR) is 80.0 cm³/mol. The zero-order valence-corrected chi connectivity index (χ0v) is 11.4. The molecule has 1 aromatic rings. The van der Waals surface area contributed by atoms with Gasteiger partial charge in [-0.3, -0.25) is 4.79 Å². The van der Waals surface area contributed by atoms with E-state index in [9.17, 15) is 4.79 Å². The molecular weight excluding hydrogens is 238 g/mol. The van der Waals surface area contributed by atoms with Gasteiger partial charge in [-0.2, -0.15) is 0 Å². The van der Waals surface area contributed by atoms with Gasteiger partial charge in [0.25, 0.3) is 0 Å². The van der Waals surface area contributed by atoms with Crippen molar-refractivity contribution in [1.29, 1.82) is 0 Å². The highest BCUT2D eigenvalue weighted by atomic mass is 16.1. The number of nitrogens with two attached hydrogens (primary N) is 1. The van der Waals surface area contributed by atoms with Gasteiger partial charge in [0.1, 0.15) is 0 Å². The second kappa shape index (κ2) is 6.27. The minimum Gasteiger partial charge on any atom is -0.399 e. The molecule has 0 bridgehead atoms. The quantitative estimate of drug-likeness (QED) is 0.642. The fourth-order valence-corrected chi connectivity index (χ4v) is 2.35. The Kier molecular flexibility index (Phi) is 4.44. The van der Waals surface area contributed by atoms with Crippen LogP contribution in [-0.4, -0.2) is 25.5 Å². The normalized spacial score (nSPS) is 15.1. The average Bonchev–Trinajstić information content (AvgIpc) is 2.90. The van der Waals surface area contributed by atoms with Crippen molar-refractivity contribution < 1.29 is 4.79 Å². The smallest absolute Gasteiger partial charge is 0.243 e. The first-order valence-corrected chi connectivity index (χ1v) is 6.81. The van der Waals surface area contributed by atoms with Crippen LogP contribution in [0.4, 0.5) is 11.4 Å². The highest BCUT2D eigenvalue weighted by Gasteiger charge is 2.14. The molecule has 0 atom stereocenters. The Hall–Kier alpha value is -1.97. The number of hydrogen-bond acceptors (Lipinski definition) is 3. The Morgan fingerprint density at radius 3 is 2.84 bits per heavy atom. The number of carbonyl (C=O) groups excluding carboxylic acids is 1. The van der Waals surface area contributed by atoms with Crippen LogP contribution in [0.3, 0.4) is 0 Å². The van der Waals surface area contributed by atoms with Crippen molar-refractivity contribution in [1.82, 2.24) is 5.32 Å². The van der Waals surface area contributed by atoms with E-state index in [1.165, 1.54) is 12.8 Å². The van der Waals surface area contributed by atoms with E-state index in [1.54, 1.807) is 6.08 Å². The van der Waals surface area contributed by atoms with Crippen LogP contribution in [0.1, 0.15) is 25.3 Å². The first-order valence-electron chi connectivity index (χ1n) is 6.81. The summed E-state index contributed by atoms with van der Waals surface area (Å²) < 4.78 is 0. The molecule has 0 spiro atoms. The molecule has 0 aliphatic carbocycles. The summed E-state index contributed by atoms with van der Waals surface area (Å²) in [6, 6.07) is 5.87. The zero-order valence-electron chi connectivity index (χ0n) is 11.4. The minimum absolute atomic E-state index is 0.0719. The van der Waals surface area contributed by atoms with E-state index in [-0.39, 0.29) is 5.91 Å². The van der Waals surface area contributed by atoms with Gasteiger partial charge >= 0.3 is 0 Å². The molecule has 1 heterocycles. The standard InChI is InChI=1S/C15H21N3O/c1-2-17-15(19)8-5-12-11-13(16)6-7-14(12)18-9-3-4-10-18/h5-8,11H,2-4,9-10,16H2,1H3,(H,17,19). The van der Waals surface area contributed by atoms with Gasteiger partial charge in [0.05, 0.1) is 0 Å². The fraction of sp³-hybridized carbons (Fsp3) is 0.400. The summed E-state index contributed by atoms with van der Waals surface area (Å²) in [5, 5.41) is 2.75. The van der Waals surface area contributed by atoms with Gasteiger partial charge in [-0.25, -0.2) is 0 Å². The van der Waals surface area contributed by atoms with Crippen molar-refractivity contribution in [2.24, 2.45) is 0 Å². The molecule has 19 heavy (non-hydrogen) atoms. The molecule has 1 aliphatic rings. The molecule has 0 unspecified atom stereocenters. The molecule has 1 fully saturated rings. The Balaban J connectivity index is 2.21. The van der Waals surface area contributed by atoms with Crippen LogP contribution < -0.4 is 16.0 Å². The molecule has 4 nitrogen and oxygen atoms in total. The summed E-state index contributed by atoms with van der Waals surface area (Å²) in [6.45, 7) is 4.69. The summed E-state index contributed by atoms with van der Waals surface area (Å²) in [7, 11) is 0. The van der Waals surface area contributed by atoms with Crippen LogP contribution in [0, 0.1) is 0 Å². The number of nitrogens with zero attached hydrogens (tertiary/aromatic N) is 1. The van der Waals surface area contributed by atoms with Crippen LogP contribution in [0.25, 0.3) is 6.08 Å². The lowest BCUT2D eigenvalue weighted by molar-refractivity contribution is -0.116. The van der Waals surface area contributed by atoms with E-state index < -0.39 is 0 Å². The summed E-state index contributed by atoms with van der Waals surface area (Å²) >= 11 is 0. The molecule has 102 valence electrons. The second-order valence-corrected chi connectivity index (χ2v) is 4.74. The van der Waals surface area contributed by atoms with E-state index in [2.05, 4.69) is 10.2 Å². The Morgan fingerprint density at radius 2 is 2.16 bits per heavy atom. The Morgan fingerprint density at radius 1 is 1.42 bits per heavy atom. The fourth-order valence-electron chi connectivity index (χ4n) is 2.35. The topological polar surface area (TPSA) is 58.4 Å². The van der Waals surface area contributed by atoms with E-state index in [0.717, 1.165) is 30.0 Å². The molecule has 1 aliphatic heterocycles. The third kappa shape index (κ3) is 3.50. The zero-order chi connectivity index (χ0) is 13.7. The summed E-state index contributed by atoms with van der Waals surface area (Å²) in [5.41, 5.74) is 8.73. The lowest BCUT2D eigenvalue weighted by Gasteiger charge is -2.20. The lowest BCUT2D eigenvalue weighted by Crippen LogP contribution is -2.20. The molecule has 0 radical (unpaired) electrons. The lowest BCUT2D eigenvalue weighted by atomic mass is 10.1. The molecule has 1 saturated heterocycles. The van der Waals surface area contributed by atoms with Crippen LogP contribution in [0.2, 0.25) is 0 Å². The van der Waals surface area contributed by atoms with Crippen LogP contribution in [-0.2, 0) is 4.79 Å². The van der Waals surface area contributed by atoms with Crippen LogP contribution in [0.15, 0.2) is 24.3 Å². The molecule has 0 saturated carbocycles. The summed E-state index contributed by atoms with van der Waals surface area (Å²) in [4.78, 5) is 13.8. The van der Waals surface area contributed by atoms with Gasteiger partial charge in [0.15, 0.2) is 0 Å². The van der Waals surface area contributed by atoms with Gasteiger partial charge in [0, 0.05) is 42.6 Å². The summed E-state index contributed by atoms with van der Waals surface area (Å²) in [6.07, 6.45) is 5.86. The highest BCUT2D eigenvalue weighted by Crippen LogP contribution is 2.27. The number of likely N-dealkylation sites (N-methyl/N-ethyl adjacent to an activating group) is 1. The molecule has 2 rings (SSSR count). The van der Waals surface area contributed by atoms with Crippen molar-refractivity contribution >= 4 is 23.4 Å². The van der Waals surface area contributed by atoms with Gasteiger partial charge in [0.2, 0.25) is 5.91 Å². The monoisotopic (exact) mass is 259 g/mol. The molecular formula is C15H21N3O. The van der Waals surface area contributed by atoms with Gasteiger partial charge in [-0.15, -0.1) is 0 Å².